The highest BCUT2D eigenvalue weighted by Crippen LogP contribution is 2.33. The molecule has 0 saturated carbocycles. The van der Waals surface area contributed by atoms with E-state index in [0.717, 1.165) is 77.3 Å². The molecule has 0 atom stereocenters. The quantitative estimate of drug-likeness (QED) is 0.355. The Kier molecular flexibility index (Phi) is 6.76. The first kappa shape index (κ1) is 24.1. The second kappa shape index (κ2) is 10.6. The summed E-state index contributed by atoms with van der Waals surface area (Å²) in [6, 6.07) is 15.1. The van der Waals surface area contributed by atoms with E-state index in [0.29, 0.717) is 6.54 Å². The molecular weight excluding hydrogens is 481 g/mol. The van der Waals surface area contributed by atoms with Gasteiger partial charge in [0.05, 0.1) is 24.9 Å². The lowest BCUT2D eigenvalue weighted by atomic mass is 9.97. The van der Waals surface area contributed by atoms with Gasteiger partial charge in [0.1, 0.15) is 18.0 Å². The summed E-state index contributed by atoms with van der Waals surface area (Å²) in [7, 11) is 0. The summed E-state index contributed by atoms with van der Waals surface area (Å²) in [5, 5.41) is 14.5. The maximum Gasteiger partial charge on any atom is 0.128 e. The van der Waals surface area contributed by atoms with Gasteiger partial charge < -0.3 is 10.0 Å². The van der Waals surface area contributed by atoms with Gasteiger partial charge in [0.2, 0.25) is 0 Å². The van der Waals surface area contributed by atoms with Crippen LogP contribution in [-0.4, -0.2) is 67.5 Å². The Labute approximate surface area is 220 Å². The van der Waals surface area contributed by atoms with Gasteiger partial charge in [0.25, 0.3) is 0 Å². The molecule has 1 fully saturated rings. The van der Waals surface area contributed by atoms with E-state index in [9.17, 15) is 9.50 Å². The normalized spacial score (nSPS) is 14.3. The predicted octanol–water partition coefficient (Wildman–Crippen LogP) is 4.01. The number of aromatic nitrogens is 5. The highest BCUT2D eigenvalue weighted by atomic mass is 19.1. The fourth-order valence-electron chi connectivity index (χ4n) is 4.99. The minimum atomic E-state index is -0.188. The molecule has 1 aliphatic rings. The van der Waals surface area contributed by atoms with Crippen molar-refractivity contribution in [2.24, 2.45) is 0 Å². The van der Waals surface area contributed by atoms with Crippen LogP contribution in [0.5, 0.6) is 0 Å². The van der Waals surface area contributed by atoms with Crippen LogP contribution in [-0.2, 0) is 13.1 Å². The molecule has 38 heavy (non-hydrogen) atoms. The molecule has 6 rings (SSSR count). The molecular formula is C29H28FN7O. The fraction of sp³-hybridized carbons (Fsp3) is 0.241. The number of fused-ring (bicyclic) bond motifs is 1. The number of anilines is 1. The molecule has 9 heteroatoms. The molecule has 8 nitrogen and oxygen atoms in total. The molecule has 2 aromatic carbocycles. The molecule has 192 valence electrons. The molecule has 0 amide bonds. The topological polar surface area (TPSA) is 83.2 Å². The van der Waals surface area contributed by atoms with Gasteiger partial charge in [-0.1, -0.05) is 12.1 Å². The minimum absolute atomic E-state index is 0.0391. The summed E-state index contributed by atoms with van der Waals surface area (Å²) < 4.78 is 15.3. The van der Waals surface area contributed by atoms with Crippen molar-refractivity contribution in [2.45, 2.75) is 13.1 Å². The third-order valence-corrected chi connectivity index (χ3v) is 6.97. The zero-order chi connectivity index (χ0) is 25.9. The van der Waals surface area contributed by atoms with Crippen molar-refractivity contribution >= 4 is 16.7 Å². The van der Waals surface area contributed by atoms with Crippen molar-refractivity contribution in [2.75, 3.05) is 37.7 Å². The Bertz CT molecular complexity index is 1540. The van der Waals surface area contributed by atoms with Gasteiger partial charge in [0, 0.05) is 67.8 Å². The number of aliphatic hydroxyl groups excluding tert-OH is 1. The summed E-state index contributed by atoms with van der Waals surface area (Å²) in [5.41, 5.74) is 5.80. The molecule has 5 aromatic rings. The summed E-state index contributed by atoms with van der Waals surface area (Å²) >= 11 is 0. The molecule has 0 unspecified atom stereocenters. The number of aliphatic hydroxyl groups is 1. The van der Waals surface area contributed by atoms with E-state index in [-0.39, 0.29) is 12.4 Å². The SMILES string of the molecule is OCCn1cc(-c2cc(-c3ccc(N4CCN(Cc5cccc(F)c5)CC4)nc3)c3cncnc3c2)cn1. The van der Waals surface area contributed by atoms with Gasteiger partial charge in [0.15, 0.2) is 0 Å². The van der Waals surface area contributed by atoms with Crippen molar-refractivity contribution in [1.82, 2.24) is 29.6 Å². The molecule has 4 heterocycles. The molecule has 0 aliphatic carbocycles. The van der Waals surface area contributed by atoms with Crippen LogP contribution in [0.1, 0.15) is 5.56 Å². The number of rotatable bonds is 7. The van der Waals surface area contributed by atoms with Crippen LogP contribution in [0.2, 0.25) is 0 Å². The average Bonchev–Trinajstić information content (AvgIpc) is 3.42. The molecule has 0 bridgehead atoms. The highest BCUT2D eigenvalue weighted by molar-refractivity contribution is 5.97. The van der Waals surface area contributed by atoms with Crippen LogP contribution in [0.3, 0.4) is 0 Å². The number of nitrogens with zero attached hydrogens (tertiary/aromatic N) is 7. The molecule has 1 N–H and O–H groups in total. The van der Waals surface area contributed by atoms with Crippen molar-refractivity contribution < 1.29 is 9.50 Å². The minimum Gasteiger partial charge on any atom is -0.394 e. The van der Waals surface area contributed by atoms with Gasteiger partial charge in [-0.25, -0.2) is 19.3 Å². The lowest BCUT2D eigenvalue weighted by Crippen LogP contribution is -2.46. The lowest BCUT2D eigenvalue weighted by molar-refractivity contribution is 0.249. The van der Waals surface area contributed by atoms with Crippen LogP contribution in [0.15, 0.2) is 79.6 Å². The number of benzene rings is 2. The number of pyridine rings is 1. The zero-order valence-electron chi connectivity index (χ0n) is 20.9. The van der Waals surface area contributed by atoms with Crippen LogP contribution in [0.25, 0.3) is 33.2 Å². The van der Waals surface area contributed by atoms with E-state index in [2.05, 4.69) is 43.1 Å². The maximum atomic E-state index is 13.5. The third-order valence-electron chi connectivity index (χ3n) is 6.97. The van der Waals surface area contributed by atoms with Crippen LogP contribution < -0.4 is 4.90 Å². The number of halogens is 1. The summed E-state index contributed by atoms with van der Waals surface area (Å²) in [4.78, 5) is 18.2. The first-order valence-electron chi connectivity index (χ1n) is 12.7. The standard InChI is InChI=1S/C29H28FN7O/c30-25-3-1-2-21(12-25)18-35-6-8-36(9-7-35)29-5-4-22(15-32-29)26-13-23(14-28-27(26)17-31-20-33-28)24-16-34-37(19-24)10-11-38/h1-5,12-17,19-20,38H,6-11,18H2. The number of hydrogen-bond donors (Lipinski definition) is 1. The molecule has 0 radical (unpaired) electrons. The van der Waals surface area contributed by atoms with E-state index < -0.39 is 0 Å². The first-order chi connectivity index (χ1) is 18.7. The predicted molar refractivity (Wildman–Crippen MR) is 145 cm³/mol. The van der Waals surface area contributed by atoms with Gasteiger partial charge >= 0.3 is 0 Å². The van der Waals surface area contributed by atoms with E-state index in [1.807, 2.05) is 30.7 Å². The zero-order valence-corrected chi connectivity index (χ0v) is 20.9. The molecule has 1 saturated heterocycles. The molecule has 0 spiro atoms. The Morgan fingerprint density at radius 3 is 2.55 bits per heavy atom. The Morgan fingerprint density at radius 2 is 1.76 bits per heavy atom. The Morgan fingerprint density at radius 1 is 0.868 bits per heavy atom. The monoisotopic (exact) mass is 509 g/mol. The van der Waals surface area contributed by atoms with Gasteiger partial charge in [-0.2, -0.15) is 5.10 Å². The second-order valence-corrected chi connectivity index (χ2v) is 9.49. The van der Waals surface area contributed by atoms with E-state index >= 15 is 0 Å². The van der Waals surface area contributed by atoms with Crippen LogP contribution in [0.4, 0.5) is 10.2 Å². The Hall–Kier alpha value is -4.21. The van der Waals surface area contributed by atoms with Crippen molar-refractivity contribution in [3.8, 4) is 22.3 Å². The highest BCUT2D eigenvalue weighted by Gasteiger charge is 2.19. The summed E-state index contributed by atoms with van der Waals surface area (Å²) in [5.74, 6) is 0.758. The molecule has 1 aliphatic heterocycles. The van der Waals surface area contributed by atoms with Gasteiger partial charge in [-0.3, -0.25) is 9.58 Å². The van der Waals surface area contributed by atoms with Gasteiger partial charge in [-0.15, -0.1) is 0 Å². The van der Waals surface area contributed by atoms with Crippen molar-refractivity contribution in [3.63, 3.8) is 0 Å². The number of hydrogen-bond acceptors (Lipinski definition) is 7. The smallest absolute Gasteiger partial charge is 0.128 e. The third kappa shape index (κ3) is 5.11. The summed E-state index contributed by atoms with van der Waals surface area (Å²) in [6.07, 6.45) is 9.03. The second-order valence-electron chi connectivity index (χ2n) is 9.49. The fourth-order valence-corrected chi connectivity index (χ4v) is 4.99. The first-order valence-corrected chi connectivity index (χ1v) is 12.7. The van der Waals surface area contributed by atoms with E-state index in [1.165, 1.54) is 6.07 Å². The largest absolute Gasteiger partial charge is 0.394 e. The maximum absolute atomic E-state index is 13.5. The summed E-state index contributed by atoms with van der Waals surface area (Å²) in [6.45, 7) is 4.77. The number of piperazine rings is 1. The van der Waals surface area contributed by atoms with Crippen LogP contribution in [0, 0.1) is 5.82 Å². The van der Waals surface area contributed by atoms with E-state index in [4.69, 9.17) is 4.98 Å². The Balaban J connectivity index is 1.21. The van der Waals surface area contributed by atoms with Crippen molar-refractivity contribution in [3.05, 3.63) is 91.0 Å². The van der Waals surface area contributed by atoms with Gasteiger partial charge in [-0.05, 0) is 53.1 Å². The molecule has 3 aromatic heterocycles. The van der Waals surface area contributed by atoms with Crippen LogP contribution >= 0.6 is 0 Å². The lowest BCUT2D eigenvalue weighted by Gasteiger charge is -2.35. The van der Waals surface area contributed by atoms with Crippen molar-refractivity contribution in [1.29, 1.82) is 0 Å². The average molecular weight is 510 g/mol. The van der Waals surface area contributed by atoms with E-state index in [1.54, 1.807) is 29.3 Å².